The molecular formula is C9H11F3N4O2S. The Labute approximate surface area is 107 Å². The predicted octanol–water partition coefficient (Wildman–Crippen LogP) is 0.740. The number of aromatic nitrogens is 1. The van der Waals surface area contributed by atoms with Gasteiger partial charge in [-0.2, -0.15) is 17.9 Å². The molecule has 0 bridgehead atoms. The Bertz CT molecular complexity index is 583. The quantitative estimate of drug-likeness (QED) is 0.562. The van der Waals surface area contributed by atoms with Gasteiger partial charge in [-0.3, -0.25) is 0 Å². The first-order valence-corrected chi connectivity index (χ1v) is 6.72. The number of hydrogen-bond donors (Lipinski definition) is 3. The van der Waals surface area contributed by atoms with E-state index in [9.17, 15) is 21.6 Å². The molecule has 6 nitrogen and oxygen atoms in total. The van der Waals surface area contributed by atoms with E-state index in [0.29, 0.717) is 0 Å². The van der Waals surface area contributed by atoms with Crippen LogP contribution in [-0.2, 0) is 10.0 Å². The van der Waals surface area contributed by atoms with Crippen LogP contribution < -0.4 is 16.0 Å². The van der Waals surface area contributed by atoms with Gasteiger partial charge in [-0.1, -0.05) is 0 Å². The van der Waals surface area contributed by atoms with Crippen molar-refractivity contribution in [3.8, 4) is 0 Å². The van der Waals surface area contributed by atoms with Crippen molar-refractivity contribution < 1.29 is 21.6 Å². The molecule has 106 valence electrons. The fraction of sp³-hybridized carbons (Fsp3) is 0.444. The molecule has 0 unspecified atom stereocenters. The van der Waals surface area contributed by atoms with Crippen LogP contribution in [0, 0.1) is 0 Å². The molecule has 0 aliphatic heterocycles. The van der Waals surface area contributed by atoms with Gasteiger partial charge in [0, 0.05) is 6.20 Å². The number of rotatable bonds is 4. The van der Waals surface area contributed by atoms with E-state index < -0.39 is 26.6 Å². The number of pyridine rings is 1. The zero-order valence-electron chi connectivity index (χ0n) is 9.53. The molecule has 1 aromatic heterocycles. The molecule has 4 N–H and O–H groups in total. The number of halogens is 3. The lowest BCUT2D eigenvalue weighted by Crippen LogP contribution is -2.47. The minimum atomic E-state index is -4.63. The number of alkyl halides is 3. The average Bonchev–Trinajstić information content (AvgIpc) is 3.08. The highest BCUT2D eigenvalue weighted by molar-refractivity contribution is 7.89. The van der Waals surface area contributed by atoms with Crippen LogP contribution in [0.5, 0.6) is 0 Å². The van der Waals surface area contributed by atoms with E-state index in [-0.39, 0.29) is 18.7 Å². The van der Waals surface area contributed by atoms with Crippen LogP contribution in [0.15, 0.2) is 23.2 Å². The van der Waals surface area contributed by atoms with Crippen molar-refractivity contribution in [2.45, 2.75) is 29.5 Å². The number of nitrogens with two attached hydrogens (primary N) is 1. The molecule has 1 aliphatic rings. The third-order valence-electron chi connectivity index (χ3n) is 2.82. The fourth-order valence-electron chi connectivity index (χ4n) is 1.60. The third-order valence-corrected chi connectivity index (χ3v) is 4.39. The topological polar surface area (TPSA) is 97.1 Å². The van der Waals surface area contributed by atoms with Gasteiger partial charge in [0.2, 0.25) is 10.0 Å². The Balaban J connectivity index is 2.34. The Morgan fingerprint density at radius 2 is 2.00 bits per heavy atom. The molecule has 1 fully saturated rings. The monoisotopic (exact) mass is 296 g/mol. The minimum Gasteiger partial charge on any atom is -0.307 e. The Kier molecular flexibility index (Phi) is 3.19. The van der Waals surface area contributed by atoms with E-state index in [4.69, 9.17) is 5.84 Å². The van der Waals surface area contributed by atoms with E-state index in [1.165, 1.54) is 12.3 Å². The zero-order valence-corrected chi connectivity index (χ0v) is 10.3. The largest absolute Gasteiger partial charge is 0.407 e. The number of nitrogens with zero attached hydrogens (tertiary/aromatic N) is 1. The van der Waals surface area contributed by atoms with Gasteiger partial charge in [0.15, 0.2) is 5.82 Å². The van der Waals surface area contributed by atoms with Crippen LogP contribution in [0.1, 0.15) is 12.8 Å². The summed E-state index contributed by atoms with van der Waals surface area (Å²) < 4.78 is 63.8. The molecule has 10 heteroatoms. The second-order valence-corrected chi connectivity index (χ2v) is 5.83. The Morgan fingerprint density at radius 3 is 2.47 bits per heavy atom. The number of anilines is 1. The van der Waals surface area contributed by atoms with Crippen molar-refractivity contribution in [1.82, 2.24) is 9.71 Å². The number of nitrogen functional groups attached to an aromatic ring is 1. The second kappa shape index (κ2) is 4.32. The zero-order chi connectivity index (χ0) is 14.3. The van der Waals surface area contributed by atoms with E-state index in [1.807, 2.05) is 5.43 Å². The SMILES string of the molecule is NNc1ncccc1S(=O)(=O)NC1(C(F)(F)F)CC1. The van der Waals surface area contributed by atoms with Crippen molar-refractivity contribution in [3.05, 3.63) is 18.3 Å². The van der Waals surface area contributed by atoms with Crippen molar-refractivity contribution >= 4 is 15.8 Å². The molecule has 1 saturated carbocycles. The molecule has 1 heterocycles. The minimum absolute atomic E-state index is 0.215. The number of hydrazine groups is 1. The molecule has 0 aromatic carbocycles. The third kappa shape index (κ3) is 2.51. The molecule has 0 spiro atoms. The Hall–Kier alpha value is -1.39. The summed E-state index contributed by atoms with van der Waals surface area (Å²) in [7, 11) is -4.36. The van der Waals surface area contributed by atoms with Gasteiger partial charge in [-0.25, -0.2) is 19.2 Å². The Morgan fingerprint density at radius 1 is 1.37 bits per heavy atom. The number of sulfonamides is 1. The smallest absolute Gasteiger partial charge is 0.307 e. The first-order chi connectivity index (χ1) is 8.72. The molecule has 0 radical (unpaired) electrons. The van der Waals surface area contributed by atoms with Crippen LogP contribution in [0.2, 0.25) is 0 Å². The van der Waals surface area contributed by atoms with E-state index in [2.05, 4.69) is 4.98 Å². The lowest BCUT2D eigenvalue weighted by molar-refractivity contribution is -0.160. The molecule has 2 rings (SSSR count). The summed E-state index contributed by atoms with van der Waals surface area (Å²) in [5, 5.41) is 0. The summed E-state index contributed by atoms with van der Waals surface area (Å²) in [5.41, 5.74) is -0.332. The van der Waals surface area contributed by atoms with Crippen molar-refractivity contribution in [2.24, 2.45) is 5.84 Å². The molecule has 19 heavy (non-hydrogen) atoms. The maximum atomic E-state index is 12.7. The summed E-state index contributed by atoms with van der Waals surface area (Å²) in [4.78, 5) is 3.22. The van der Waals surface area contributed by atoms with Gasteiger partial charge in [0.05, 0.1) is 0 Å². The van der Waals surface area contributed by atoms with Crippen LogP contribution in [0.3, 0.4) is 0 Å². The summed E-state index contributed by atoms with van der Waals surface area (Å²) in [5.74, 6) is 4.87. The van der Waals surface area contributed by atoms with Crippen molar-refractivity contribution in [1.29, 1.82) is 0 Å². The van der Waals surface area contributed by atoms with E-state index in [0.717, 1.165) is 6.07 Å². The van der Waals surface area contributed by atoms with Gasteiger partial charge in [0.1, 0.15) is 10.4 Å². The van der Waals surface area contributed by atoms with Crippen LogP contribution in [0.4, 0.5) is 19.0 Å². The highest BCUT2D eigenvalue weighted by Gasteiger charge is 2.65. The maximum absolute atomic E-state index is 12.7. The first-order valence-electron chi connectivity index (χ1n) is 5.24. The second-order valence-electron chi connectivity index (χ2n) is 4.18. The first kappa shape index (κ1) is 14.0. The predicted molar refractivity (Wildman–Crippen MR) is 60.4 cm³/mol. The highest BCUT2D eigenvalue weighted by Crippen LogP contribution is 2.49. The lowest BCUT2D eigenvalue weighted by Gasteiger charge is -2.21. The van der Waals surface area contributed by atoms with Gasteiger partial charge in [-0.15, -0.1) is 0 Å². The molecule has 0 amide bonds. The van der Waals surface area contributed by atoms with Gasteiger partial charge < -0.3 is 5.43 Å². The van der Waals surface area contributed by atoms with Gasteiger partial charge in [-0.05, 0) is 25.0 Å². The fourth-order valence-corrected chi connectivity index (χ4v) is 3.16. The summed E-state index contributed by atoms with van der Waals surface area (Å²) in [6.07, 6.45) is -3.91. The van der Waals surface area contributed by atoms with Crippen LogP contribution in [0.25, 0.3) is 0 Å². The van der Waals surface area contributed by atoms with Crippen LogP contribution >= 0.6 is 0 Å². The summed E-state index contributed by atoms with van der Waals surface area (Å²) in [6.45, 7) is 0. The van der Waals surface area contributed by atoms with Crippen LogP contribution in [-0.4, -0.2) is 25.1 Å². The average molecular weight is 296 g/mol. The molecule has 1 aromatic rings. The van der Waals surface area contributed by atoms with E-state index >= 15 is 0 Å². The van der Waals surface area contributed by atoms with E-state index in [1.54, 1.807) is 4.72 Å². The number of nitrogens with one attached hydrogen (secondary N) is 2. The molecule has 1 aliphatic carbocycles. The summed E-state index contributed by atoms with van der Waals surface area (Å²) >= 11 is 0. The highest BCUT2D eigenvalue weighted by atomic mass is 32.2. The normalized spacial score (nSPS) is 18.1. The molecular weight excluding hydrogens is 285 g/mol. The number of hydrogen-bond acceptors (Lipinski definition) is 5. The molecule has 0 atom stereocenters. The molecule has 0 saturated heterocycles. The maximum Gasteiger partial charge on any atom is 0.407 e. The van der Waals surface area contributed by atoms with Crippen molar-refractivity contribution in [2.75, 3.05) is 5.43 Å². The standard InChI is InChI=1S/C9H11F3N4O2S/c10-9(11,12)8(3-4-8)16-19(17,18)6-2-1-5-14-7(6)15-13/h1-2,5,16H,3-4,13H2,(H,14,15). The lowest BCUT2D eigenvalue weighted by atomic mass is 10.3. The van der Waals surface area contributed by atoms with Gasteiger partial charge in [0.25, 0.3) is 0 Å². The summed E-state index contributed by atoms with van der Waals surface area (Å²) in [6, 6.07) is 2.42. The van der Waals surface area contributed by atoms with Crippen molar-refractivity contribution in [3.63, 3.8) is 0 Å². The van der Waals surface area contributed by atoms with Gasteiger partial charge >= 0.3 is 6.18 Å².